The molecule has 0 aliphatic heterocycles. The summed E-state index contributed by atoms with van der Waals surface area (Å²) in [6.07, 6.45) is -0.859. The molecule has 0 aromatic heterocycles. The second-order valence-corrected chi connectivity index (χ2v) is 6.90. The number of rotatable bonds is 6. The number of anilines is 2. The first-order valence-electron chi connectivity index (χ1n) is 7.20. The van der Waals surface area contributed by atoms with Gasteiger partial charge in [0.1, 0.15) is 12.4 Å². The fourth-order valence-electron chi connectivity index (χ4n) is 1.90. The molecule has 2 rings (SSSR count). The Morgan fingerprint density at radius 3 is 2.62 bits per heavy atom. The number of aliphatic hydroxyl groups excluding tert-OH is 1. The van der Waals surface area contributed by atoms with Crippen LogP contribution in [0.3, 0.4) is 0 Å². The number of hydroxylamine groups is 1. The number of carbonyl (C=O) groups is 1. The summed E-state index contributed by atoms with van der Waals surface area (Å²) < 4.78 is 42.8. The molecule has 140 valence electrons. The maximum Gasteiger partial charge on any atom is 0.277 e. The lowest BCUT2D eigenvalue weighted by molar-refractivity contribution is -0.00684. The van der Waals surface area contributed by atoms with Crippen LogP contribution in [0.4, 0.5) is 24.5 Å². The number of hydrogen-bond acceptors (Lipinski definition) is 4. The van der Waals surface area contributed by atoms with E-state index in [1.165, 1.54) is 19.1 Å². The highest BCUT2D eigenvalue weighted by Crippen LogP contribution is 2.32. The van der Waals surface area contributed by atoms with Gasteiger partial charge in [0.25, 0.3) is 5.91 Å². The Hall–Kier alpha value is -1.56. The highest BCUT2D eigenvalue weighted by Gasteiger charge is 2.23. The SMILES string of the molecule is CC(O)CONC(=O)c1cc(Cl)c(F)c(F)c1Nc1ccc(I)cc1F. The molecule has 0 heterocycles. The number of carbonyl (C=O) groups excluding carboxylic acids is 1. The van der Waals surface area contributed by atoms with Gasteiger partial charge >= 0.3 is 0 Å². The first-order chi connectivity index (χ1) is 12.2. The number of nitrogens with one attached hydrogen (secondary N) is 2. The minimum atomic E-state index is -1.45. The van der Waals surface area contributed by atoms with Gasteiger partial charge in [-0.1, -0.05) is 11.6 Å². The summed E-state index contributed by atoms with van der Waals surface area (Å²) in [4.78, 5) is 16.9. The first-order valence-corrected chi connectivity index (χ1v) is 8.66. The molecule has 1 amide bonds. The Kier molecular flexibility index (Phi) is 7.09. The van der Waals surface area contributed by atoms with Gasteiger partial charge in [-0.25, -0.2) is 18.7 Å². The van der Waals surface area contributed by atoms with Crippen LogP contribution in [0.5, 0.6) is 0 Å². The highest BCUT2D eigenvalue weighted by atomic mass is 127. The lowest BCUT2D eigenvalue weighted by atomic mass is 10.1. The first kappa shape index (κ1) is 20.7. The predicted octanol–water partition coefficient (Wildman–Crippen LogP) is 4.15. The van der Waals surface area contributed by atoms with Gasteiger partial charge in [0.2, 0.25) is 0 Å². The van der Waals surface area contributed by atoms with Gasteiger partial charge in [0.15, 0.2) is 11.6 Å². The van der Waals surface area contributed by atoms with Crippen molar-refractivity contribution in [2.24, 2.45) is 0 Å². The van der Waals surface area contributed by atoms with Crippen molar-refractivity contribution in [1.29, 1.82) is 0 Å². The van der Waals surface area contributed by atoms with Crippen molar-refractivity contribution in [2.75, 3.05) is 11.9 Å². The lowest BCUT2D eigenvalue weighted by Gasteiger charge is -2.15. The quantitative estimate of drug-likeness (QED) is 0.317. The molecule has 10 heteroatoms. The third-order valence-corrected chi connectivity index (χ3v) is 4.03. The molecule has 2 aromatic carbocycles. The zero-order valence-corrected chi connectivity index (χ0v) is 16.2. The minimum absolute atomic E-state index is 0.162. The van der Waals surface area contributed by atoms with E-state index in [1.54, 1.807) is 6.07 Å². The van der Waals surface area contributed by atoms with Gasteiger partial charge in [-0.2, -0.15) is 0 Å². The van der Waals surface area contributed by atoms with Gasteiger partial charge in [-0.3, -0.25) is 9.63 Å². The summed E-state index contributed by atoms with van der Waals surface area (Å²) in [6, 6.07) is 4.92. The fraction of sp³-hybridized carbons (Fsp3) is 0.188. The highest BCUT2D eigenvalue weighted by molar-refractivity contribution is 14.1. The zero-order chi connectivity index (χ0) is 19.4. The monoisotopic (exact) mass is 500 g/mol. The summed E-state index contributed by atoms with van der Waals surface area (Å²) in [5, 5.41) is 10.8. The average Bonchev–Trinajstić information content (AvgIpc) is 2.56. The van der Waals surface area contributed by atoms with Crippen LogP contribution in [0, 0.1) is 21.0 Å². The van der Waals surface area contributed by atoms with E-state index in [2.05, 4.69) is 5.32 Å². The second-order valence-electron chi connectivity index (χ2n) is 5.25. The molecule has 0 aliphatic rings. The molecule has 0 fully saturated rings. The van der Waals surface area contributed by atoms with Crippen LogP contribution in [0.1, 0.15) is 17.3 Å². The maximum absolute atomic E-state index is 14.3. The van der Waals surface area contributed by atoms with E-state index in [0.29, 0.717) is 3.57 Å². The summed E-state index contributed by atoms with van der Waals surface area (Å²) in [6.45, 7) is 1.20. The number of aliphatic hydroxyl groups is 1. The van der Waals surface area contributed by atoms with Crippen molar-refractivity contribution < 1.29 is 27.9 Å². The topological polar surface area (TPSA) is 70.6 Å². The molecule has 2 aromatic rings. The Balaban J connectivity index is 2.39. The number of halogens is 5. The Morgan fingerprint density at radius 1 is 1.31 bits per heavy atom. The van der Waals surface area contributed by atoms with Crippen LogP contribution in [-0.4, -0.2) is 23.7 Å². The van der Waals surface area contributed by atoms with E-state index < -0.39 is 45.7 Å². The van der Waals surface area contributed by atoms with Crippen LogP contribution in [0.25, 0.3) is 0 Å². The molecular formula is C16H13ClF3IN2O3. The average molecular weight is 501 g/mol. The maximum atomic E-state index is 14.3. The van der Waals surface area contributed by atoms with E-state index >= 15 is 0 Å². The minimum Gasteiger partial charge on any atom is -0.391 e. The van der Waals surface area contributed by atoms with Crippen molar-refractivity contribution in [3.05, 3.63) is 55.9 Å². The molecule has 0 spiro atoms. The van der Waals surface area contributed by atoms with Gasteiger partial charge in [-0.15, -0.1) is 0 Å². The number of amides is 1. The van der Waals surface area contributed by atoms with E-state index in [1.807, 2.05) is 28.1 Å². The summed E-state index contributed by atoms with van der Waals surface area (Å²) in [7, 11) is 0. The van der Waals surface area contributed by atoms with Gasteiger partial charge < -0.3 is 10.4 Å². The number of hydrogen-bond donors (Lipinski definition) is 3. The van der Waals surface area contributed by atoms with E-state index in [4.69, 9.17) is 21.5 Å². The smallest absolute Gasteiger partial charge is 0.277 e. The van der Waals surface area contributed by atoms with Gasteiger partial charge in [0, 0.05) is 3.57 Å². The van der Waals surface area contributed by atoms with Gasteiger partial charge in [0.05, 0.1) is 28.1 Å². The largest absolute Gasteiger partial charge is 0.391 e. The van der Waals surface area contributed by atoms with Crippen LogP contribution in [0.2, 0.25) is 5.02 Å². The standard InChI is InChI=1S/C16H13ClF3IN2O3/c1-7(24)6-26-23-16(25)9-5-10(17)13(19)14(20)15(9)22-12-3-2-8(21)4-11(12)18/h2-5,7,22,24H,6H2,1H3,(H,23,25). The summed E-state index contributed by atoms with van der Waals surface area (Å²) in [5.74, 6) is -4.51. The molecule has 1 atom stereocenters. The summed E-state index contributed by atoms with van der Waals surface area (Å²) in [5.41, 5.74) is 0.799. The van der Waals surface area contributed by atoms with Crippen LogP contribution >= 0.6 is 34.2 Å². The van der Waals surface area contributed by atoms with E-state index in [9.17, 15) is 18.0 Å². The molecule has 0 aliphatic carbocycles. The third-order valence-electron chi connectivity index (χ3n) is 3.09. The normalized spacial score (nSPS) is 12.0. The van der Waals surface area contributed by atoms with E-state index in [0.717, 1.165) is 6.07 Å². The molecule has 0 saturated heterocycles. The molecule has 5 nitrogen and oxygen atoms in total. The molecule has 0 saturated carbocycles. The molecule has 0 radical (unpaired) electrons. The lowest BCUT2D eigenvalue weighted by Crippen LogP contribution is -2.28. The Bertz CT molecular complexity index is 837. The second kappa shape index (κ2) is 8.89. The zero-order valence-electron chi connectivity index (χ0n) is 13.2. The molecule has 26 heavy (non-hydrogen) atoms. The van der Waals surface area contributed by atoms with Crippen LogP contribution in [0.15, 0.2) is 24.3 Å². The molecule has 0 bridgehead atoms. The fourth-order valence-corrected chi connectivity index (χ4v) is 2.55. The Labute approximate surface area is 165 Å². The molecule has 1 unspecified atom stereocenters. The third kappa shape index (κ3) is 5.00. The van der Waals surface area contributed by atoms with Crippen LogP contribution in [-0.2, 0) is 4.84 Å². The Morgan fingerprint density at radius 2 is 2.00 bits per heavy atom. The van der Waals surface area contributed by atoms with Crippen molar-refractivity contribution in [1.82, 2.24) is 5.48 Å². The summed E-state index contributed by atoms with van der Waals surface area (Å²) >= 11 is 7.48. The van der Waals surface area contributed by atoms with Gasteiger partial charge in [-0.05, 0) is 53.8 Å². The van der Waals surface area contributed by atoms with Crippen molar-refractivity contribution in [2.45, 2.75) is 13.0 Å². The molecule has 3 N–H and O–H groups in total. The van der Waals surface area contributed by atoms with Crippen molar-refractivity contribution >= 4 is 51.5 Å². The van der Waals surface area contributed by atoms with Crippen molar-refractivity contribution in [3.63, 3.8) is 0 Å². The predicted molar refractivity (Wildman–Crippen MR) is 98.9 cm³/mol. The molecular weight excluding hydrogens is 488 g/mol. The number of benzene rings is 2. The van der Waals surface area contributed by atoms with E-state index in [-0.39, 0.29) is 12.3 Å². The van der Waals surface area contributed by atoms with Crippen LogP contribution < -0.4 is 10.8 Å². The van der Waals surface area contributed by atoms with Crippen molar-refractivity contribution in [3.8, 4) is 0 Å².